The molecule has 1 aromatic carbocycles. The van der Waals surface area contributed by atoms with E-state index in [-0.39, 0.29) is 0 Å². The van der Waals surface area contributed by atoms with Gasteiger partial charge in [-0.1, -0.05) is 44.5 Å². The van der Waals surface area contributed by atoms with Crippen molar-refractivity contribution in [3.8, 4) is 0 Å². The molecule has 2 rings (SSSR count). The molecule has 112 valence electrons. The second-order valence-corrected chi connectivity index (χ2v) is 6.02. The third-order valence-corrected chi connectivity index (χ3v) is 4.38. The Hall–Kier alpha value is -0.860. The van der Waals surface area contributed by atoms with E-state index in [0.29, 0.717) is 0 Å². The second-order valence-electron chi connectivity index (χ2n) is 6.02. The van der Waals surface area contributed by atoms with Crippen molar-refractivity contribution in [3.63, 3.8) is 0 Å². The maximum absolute atomic E-state index is 3.46. The number of nitrogens with zero attached hydrogens (tertiary/aromatic N) is 1. The first-order valence-electron chi connectivity index (χ1n) is 8.36. The predicted octanol–water partition coefficient (Wildman–Crippen LogP) is 3.95. The van der Waals surface area contributed by atoms with Gasteiger partial charge in [-0.15, -0.1) is 0 Å². The van der Waals surface area contributed by atoms with Crippen LogP contribution in [0.2, 0.25) is 0 Å². The molecule has 1 aliphatic rings. The van der Waals surface area contributed by atoms with Gasteiger partial charge in [0.25, 0.3) is 0 Å². The Morgan fingerprint density at radius 3 is 2.55 bits per heavy atom. The topological polar surface area (TPSA) is 15.3 Å². The minimum atomic E-state index is 0.801. The molecular formula is C18H30N2. The van der Waals surface area contributed by atoms with Crippen LogP contribution in [-0.4, -0.2) is 24.0 Å². The first-order valence-corrected chi connectivity index (χ1v) is 8.36. The quantitative estimate of drug-likeness (QED) is 0.757. The lowest BCUT2D eigenvalue weighted by Gasteiger charge is -2.35. The largest absolute Gasteiger partial charge is 0.313 e. The predicted molar refractivity (Wildman–Crippen MR) is 86.8 cm³/mol. The zero-order chi connectivity index (χ0) is 14.2. The van der Waals surface area contributed by atoms with Crippen LogP contribution in [0.4, 0.5) is 0 Å². The second kappa shape index (κ2) is 8.43. The Bertz CT molecular complexity index is 372. The third kappa shape index (κ3) is 4.60. The first kappa shape index (κ1) is 15.5. The summed E-state index contributed by atoms with van der Waals surface area (Å²) in [6.07, 6.45) is 6.66. The van der Waals surface area contributed by atoms with Crippen LogP contribution in [0, 0.1) is 0 Å². The Kier molecular flexibility index (Phi) is 6.55. The highest BCUT2D eigenvalue weighted by atomic mass is 15.2. The van der Waals surface area contributed by atoms with Crippen molar-refractivity contribution in [2.45, 2.75) is 65.1 Å². The van der Waals surface area contributed by atoms with E-state index in [1.54, 1.807) is 0 Å². The van der Waals surface area contributed by atoms with Gasteiger partial charge in [0, 0.05) is 19.1 Å². The third-order valence-electron chi connectivity index (χ3n) is 4.38. The minimum absolute atomic E-state index is 0.801. The van der Waals surface area contributed by atoms with Crippen molar-refractivity contribution in [1.29, 1.82) is 0 Å². The van der Waals surface area contributed by atoms with Gasteiger partial charge in [-0.2, -0.15) is 0 Å². The molecule has 1 fully saturated rings. The molecule has 1 unspecified atom stereocenters. The lowest BCUT2D eigenvalue weighted by atomic mass is 9.99. The molecule has 0 saturated carbocycles. The van der Waals surface area contributed by atoms with Crippen LogP contribution in [0.5, 0.6) is 0 Å². The smallest absolute Gasteiger partial charge is 0.0236 e. The van der Waals surface area contributed by atoms with Crippen molar-refractivity contribution >= 4 is 0 Å². The van der Waals surface area contributed by atoms with Crippen LogP contribution < -0.4 is 5.32 Å². The number of nitrogens with one attached hydrogen (secondary N) is 1. The van der Waals surface area contributed by atoms with Crippen LogP contribution in [0.25, 0.3) is 0 Å². The van der Waals surface area contributed by atoms with E-state index in [9.17, 15) is 0 Å². The Labute approximate surface area is 124 Å². The monoisotopic (exact) mass is 274 g/mol. The van der Waals surface area contributed by atoms with E-state index in [2.05, 4.69) is 48.3 Å². The lowest BCUT2D eigenvalue weighted by Crippen LogP contribution is -2.38. The molecule has 1 N–H and O–H groups in total. The van der Waals surface area contributed by atoms with Gasteiger partial charge in [-0.3, -0.25) is 4.90 Å². The molecule has 0 radical (unpaired) electrons. The number of hydrogen-bond donors (Lipinski definition) is 1. The van der Waals surface area contributed by atoms with E-state index in [1.807, 2.05) is 0 Å². The van der Waals surface area contributed by atoms with Gasteiger partial charge in [0.05, 0.1) is 0 Å². The number of benzene rings is 1. The fourth-order valence-corrected chi connectivity index (χ4v) is 3.14. The number of rotatable bonds is 7. The molecule has 1 atom stereocenters. The van der Waals surface area contributed by atoms with Gasteiger partial charge in [-0.25, -0.2) is 0 Å². The fraction of sp³-hybridized carbons (Fsp3) is 0.667. The summed E-state index contributed by atoms with van der Waals surface area (Å²) in [5.41, 5.74) is 2.86. The summed E-state index contributed by atoms with van der Waals surface area (Å²) in [7, 11) is 0. The maximum Gasteiger partial charge on any atom is 0.0236 e. The minimum Gasteiger partial charge on any atom is -0.313 e. The standard InChI is InChI=1S/C18H30N2/c1-3-12-19-14-16-8-10-17(11-9-16)15-20-13-6-5-7-18(20)4-2/h8-11,18-19H,3-7,12-15H2,1-2H3. The van der Waals surface area contributed by atoms with Crippen molar-refractivity contribution in [2.75, 3.05) is 13.1 Å². The number of hydrogen-bond acceptors (Lipinski definition) is 2. The van der Waals surface area contributed by atoms with Crippen molar-refractivity contribution in [3.05, 3.63) is 35.4 Å². The van der Waals surface area contributed by atoms with Crippen LogP contribution in [0.1, 0.15) is 57.1 Å². The van der Waals surface area contributed by atoms with Gasteiger partial charge < -0.3 is 5.32 Å². The molecule has 2 heteroatoms. The zero-order valence-electron chi connectivity index (χ0n) is 13.2. The van der Waals surface area contributed by atoms with E-state index in [0.717, 1.165) is 25.7 Å². The first-order chi connectivity index (χ1) is 9.83. The zero-order valence-corrected chi connectivity index (χ0v) is 13.2. The Balaban J connectivity index is 1.86. The van der Waals surface area contributed by atoms with Gasteiger partial charge >= 0.3 is 0 Å². The van der Waals surface area contributed by atoms with E-state index in [1.165, 1.54) is 49.8 Å². The Morgan fingerprint density at radius 2 is 1.85 bits per heavy atom. The molecule has 0 aliphatic carbocycles. The van der Waals surface area contributed by atoms with E-state index >= 15 is 0 Å². The average molecular weight is 274 g/mol. The molecule has 1 heterocycles. The molecule has 1 aromatic rings. The van der Waals surface area contributed by atoms with Crippen molar-refractivity contribution < 1.29 is 0 Å². The SMILES string of the molecule is CCCNCc1ccc(CN2CCCCC2CC)cc1. The summed E-state index contributed by atoms with van der Waals surface area (Å²) in [5, 5.41) is 3.46. The highest BCUT2D eigenvalue weighted by Crippen LogP contribution is 2.21. The van der Waals surface area contributed by atoms with Crippen LogP contribution in [0.3, 0.4) is 0 Å². The van der Waals surface area contributed by atoms with Crippen molar-refractivity contribution in [1.82, 2.24) is 10.2 Å². The molecule has 0 aromatic heterocycles. The van der Waals surface area contributed by atoms with Crippen LogP contribution in [-0.2, 0) is 13.1 Å². The molecule has 20 heavy (non-hydrogen) atoms. The number of piperidine rings is 1. The number of likely N-dealkylation sites (tertiary alicyclic amines) is 1. The molecule has 1 aliphatic heterocycles. The summed E-state index contributed by atoms with van der Waals surface area (Å²) in [6, 6.07) is 9.98. The summed E-state index contributed by atoms with van der Waals surface area (Å²) in [6.45, 7) is 9.03. The van der Waals surface area contributed by atoms with E-state index < -0.39 is 0 Å². The fourth-order valence-electron chi connectivity index (χ4n) is 3.14. The summed E-state index contributed by atoms with van der Waals surface area (Å²) < 4.78 is 0. The Morgan fingerprint density at radius 1 is 1.10 bits per heavy atom. The normalized spacial score (nSPS) is 20.2. The van der Waals surface area contributed by atoms with Gasteiger partial charge in [0.2, 0.25) is 0 Å². The lowest BCUT2D eigenvalue weighted by molar-refractivity contribution is 0.136. The molecule has 1 saturated heterocycles. The van der Waals surface area contributed by atoms with Crippen LogP contribution >= 0.6 is 0 Å². The molecular weight excluding hydrogens is 244 g/mol. The highest BCUT2D eigenvalue weighted by molar-refractivity contribution is 5.22. The van der Waals surface area contributed by atoms with Gasteiger partial charge in [-0.05, 0) is 49.9 Å². The van der Waals surface area contributed by atoms with Crippen LogP contribution in [0.15, 0.2) is 24.3 Å². The maximum atomic E-state index is 3.46. The van der Waals surface area contributed by atoms with Gasteiger partial charge in [0.1, 0.15) is 0 Å². The van der Waals surface area contributed by atoms with Gasteiger partial charge in [0.15, 0.2) is 0 Å². The molecule has 2 nitrogen and oxygen atoms in total. The molecule has 0 spiro atoms. The van der Waals surface area contributed by atoms with E-state index in [4.69, 9.17) is 0 Å². The molecule has 0 bridgehead atoms. The molecule has 0 amide bonds. The summed E-state index contributed by atoms with van der Waals surface area (Å²) in [4.78, 5) is 2.67. The average Bonchev–Trinajstić information content (AvgIpc) is 2.50. The van der Waals surface area contributed by atoms with Crippen molar-refractivity contribution in [2.24, 2.45) is 0 Å². The summed E-state index contributed by atoms with van der Waals surface area (Å²) in [5.74, 6) is 0. The highest BCUT2D eigenvalue weighted by Gasteiger charge is 2.20. The summed E-state index contributed by atoms with van der Waals surface area (Å²) >= 11 is 0.